The second kappa shape index (κ2) is 21.0. The number of benzene rings is 3. The number of hydrogen-bond acceptors (Lipinski definition) is 8. The predicted molar refractivity (Wildman–Crippen MR) is 210 cm³/mol. The highest BCUT2D eigenvalue weighted by Crippen LogP contribution is 2.36. The number of carbonyl (C=O) groups excluding carboxylic acids is 2. The highest BCUT2D eigenvalue weighted by Gasteiger charge is 2.28. The summed E-state index contributed by atoms with van der Waals surface area (Å²) in [6, 6.07) is 17.0. The van der Waals surface area contributed by atoms with Crippen LogP contribution < -0.4 is 9.47 Å². The second-order valence-electron chi connectivity index (χ2n) is 15.2. The molecule has 4 rings (SSSR count). The molecule has 8 nitrogen and oxygen atoms in total. The van der Waals surface area contributed by atoms with E-state index in [0.717, 1.165) is 52.1 Å². The summed E-state index contributed by atoms with van der Waals surface area (Å²) in [5.41, 5.74) is 4.11. The maximum absolute atomic E-state index is 15.4. The van der Waals surface area contributed by atoms with Crippen LogP contribution in [-0.2, 0) is 25.5 Å². The average molecular weight is 747 g/mol. The average Bonchev–Trinajstić information content (AvgIpc) is 3.17. The molecule has 1 aliphatic rings. The fourth-order valence-corrected chi connectivity index (χ4v) is 6.86. The summed E-state index contributed by atoms with van der Waals surface area (Å²) >= 11 is 0. The van der Waals surface area contributed by atoms with Gasteiger partial charge in [-0.05, 0) is 97.0 Å². The molecule has 0 saturated heterocycles. The molecule has 0 heterocycles. The van der Waals surface area contributed by atoms with Crippen LogP contribution in [0.25, 0.3) is 22.3 Å². The number of aliphatic hydroxyl groups excluding tert-OH is 2. The number of unbranched alkanes of at least 4 members (excludes halogenated alkanes) is 2. The molecule has 0 spiro atoms. The first kappa shape index (κ1) is 42.5. The van der Waals surface area contributed by atoms with E-state index in [1.165, 1.54) is 51.4 Å². The Balaban J connectivity index is 1.42. The number of halogens is 1. The molecule has 1 fully saturated rings. The molecule has 0 aromatic heterocycles. The number of hydrogen-bond donors (Lipinski definition) is 2. The van der Waals surface area contributed by atoms with E-state index < -0.39 is 24.0 Å². The third-order valence-corrected chi connectivity index (χ3v) is 10.4. The van der Waals surface area contributed by atoms with Gasteiger partial charge in [0.15, 0.2) is 0 Å². The highest BCUT2D eigenvalue weighted by molar-refractivity contribution is 5.87. The van der Waals surface area contributed by atoms with E-state index >= 15 is 4.39 Å². The van der Waals surface area contributed by atoms with Crippen molar-refractivity contribution in [3.05, 3.63) is 83.7 Å². The Morgan fingerprint density at radius 2 is 1.41 bits per heavy atom. The zero-order valence-electron chi connectivity index (χ0n) is 32.6. The van der Waals surface area contributed by atoms with E-state index in [1.807, 2.05) is 49.4 Å². The predicted octanol–water partition coefficient (Wildman–Crippen LogP) is 9.20. The minimum absolute atomic E-state index is 0.0172. The van der Waals surface area contributed by atoms with Crippen molar-refractivity contribution < 1.29 is 43.1 Å². The highest BCUT2D eigenvalue weighted by atomic mass is 19.1. The fraction of sp³-hybridized carbons (Fsp3) is 0.511. The molecule has 2 N–H and O–H groups in total. The molecule has 1 aliphatic carbocycles. The molecular formula is C45H59FO8. The first-order chi connectivity index (χ1) is 25.9. The van der Waals surface area contributed by atoms with Crippen LogP contribution >= 0.6 is 0 Å². The van der Waals surface area contributed by atoms with Crippen LogP contribution in [0, 0.1) is 30.0 Å². The Kier molecular flexibility index (Phi) is 16.6. The fourth-order valence-electron chi connectivity index (χ4n) is 6.86. The molecule has 0 radical (unpaired) electrons. The molecule has 0 unspecified atom stereocenters. The van der Waals surface area contributed by atoms with E-state index in [4.69, 9.17) is 24.1 Å². The standard InChI is InChI=1S/C45H59FO8/c1-6-7-8-9-33-10-12-34(13-11-33)14-15-35-16-17-37(27-42(35)46)36-18-19-41(31(2)24-36)38-25-39(51-20-22-53-43(49)32(3)29-47)28-40(26-38)52-21-23-54-44(50)45(4,5)30-48/h16-19,24-28,33-34,47-48H,3,6-15,20-23,29-30H2,1-2,4-5H3. The lowest BCUT2D eigenvalue weighted by molar-refractivity contribution is -0.156. The summed E-state index contributed by atoms with van der Waals surface area (Å²) in [7, 11) is 0. The maximum Gasteiger partial charge on any atom is 0.335 e. The minimum Gasteiger partial charge on any atom is -0.490 e. The largest absolute Gasteiger partial charge is 0.490 e. The Morgan fingerprint density at radius 3 is 2.00 bits per heavy atom. The minimum atomic E-state index is -1.02. The lowest BCUT2D eigenvalue weighted by Crippen LogP contribution is -2.31. The molecule has 1 saturated carbocycles. The SMILES string of the molecule is C=C(CO)C(=O)OCCOc1cc(OCCOC(=O)C(C)(C)CO)cc(-c2ccc(-c3ccc(CCC4CCC(CCCCC)CC4)c(F)c3)cc2C)c1. The van der Waals surface area contributed by atoms with Crippen molar-refractivity contribution in [3.8, 4) is 33.8 Å². The number of carbonyl (C=O) groups is 2. The van der Waals surface area contributed by atoms with E-state index in [2.05, 4.69) is 13.5 Å². The summed E-state index contributed by atoms with van der Waals surface area (Å²) in [4.78, 5) is 24.1. The molecule has 0 aliphatic heterocycles. The first-order valence-electron chi connectivity index (χ1n) is 19.5. The third kappa shape index (κ3) is 12.7. The smallest absolute Gasteiger partial charge is 0.335 e. The van der Waals surface area contributed by atoms with Crippen LogP contribution in [0.1, 0.15) is 89.7 Å². The van der Waals surface area contributed by atoms with Gasteiger partial charge in [0.25, 0.3) is 0 Å². The summed E-state index contributed by atoms with van der Waals surface area (Å²) in [5.74, 6) is 1.10. The molecule has 54 heavy (non-hydrogen) atoms. The molecule has 3 aromatic rings. The summed E-state index contributed by atoms with van der Waals surface area (Å²) in [6.07, 6.45) is 12.3. The number of aliphatic hydroxyl groups is 2. The Morgan fingerprint density at radius 1 is 0.796 bits per heavy atom. The number of esters is 2. The molecule has 3 aromatic carbocycles. The second-order valence-corrected chi connectivity index (χ2v) is 15.2. The number of aryl methyl sites for hydroxylation is 2. The van der Waals surface area contributed by atoms with Crippen LogP contribution in [-0.4, -0.2) is 61.8 Å². The quantitative estimate of drug-likeness (QED) is 0.0631. The van der Waals surface area contributed by atoms with Crippen molar-refractivity contribution in [2.24, 2.45) is 17.3 Å². The Hall–Kier alpha value is -4.21. The van der Waals surface area contributed by atoms with Crippen molar-refractivity contribution in [1.82, 2.24) is 0 Å². The van der Waals surface area contributed by atoms with Gasteiger partial charge in [0.1, 0.15) is 43.7 Å². The van der Waals surface area contributed by atoms with Crippen LogP contribution in [0.4, 0.5) is 4.39 Å². The Bertz CT molecular complexity index is 1690. The van der Waals surface area contributed by atoms with Crippen LogP contribution in [0.2, 0.25) is 0 Å². The van der Waals surface area contributed by atoms with E-state index in [1.54, 1.807) is 26.0 Å². The zero-order valence-corrected chi connectivity index (χ0v) is 32.6. The monoisotopic (exact) mass is 746 g/mol. The van der Waals surface area contributed by atoms with Crippen molar-refractivity contribution in [3.63, 3.8) is 0 Å². The molecule has 0 atom stereocenters. The van der Waals surface area contributed by atoms with Gasteiger partial charge >= 0.3 is 11.9 Å². The lowest BCUT2D eigenvalue weighted by Gasteiger charge is -2.28. The molecule has 0 amide bonds. The summed E-state index contributed by atoms with van der Waals surface area (Å²) in [5, 5.41) is 18.5. The molecule has 9 heteroatoms. The first-order valence-corrected chi connectivity index (χ1v) is 19.5. The van der Waals surface area contributed by atoms with Gasteiger partial charge in [-0.2, -0.15) is 0 Å². The summed E-state index contributed by atoms with van der Waals surface area (Å²) in [6.45, 7) is 10.1. The summed E-state index contributed by atoms with van der Waals surface area (Å²) < 4.78 is 37.7. The van der Waals surface area contributed by atoms with Gasteiger partial charge in [0.2, 0.25) is 0 Å². The van der Waals surface area contributed by atoms with Crippen LogP contribution in [0.5, 0.6) is 11.5 Å². The maximum atomic E-state index is 15.4. The third-order valence-electron chi connectivity index (χ3n) is 10.4. The van der Waals surface area contributed by atoms with E-state index in [0.29, 0.717) is 17.4 Å². The van der Waals surface area contributed by atoms with Crippen molar-refractivity contribution in [2.75, 3.05) is 39.6 Å². The number of ether oxygens (including phenoxy) is 4. The van der Waals surface area contributed by atoms with Crippen molar-refractivity contribution >= 4 is 11.9 Å². The molecule has 0 bridgehead atoms. The van der Waals surface area contributed by atoms with Gasteiger partial charge in [-0.1, -0.05) is 95.2 Å². The zero-order chi connectivity index (χ0) is 39.1. The van der Waals surface area contributed by atoms with Gasteiger partial charge in [0, 0.05) is 6.07 Å². The number of rotatable bonds is 21. The van der Waals surface area contributed by atoms with E-state index in [9.17, 15) is 14.7 Å². The van der Waals surface area contributed by atoms with Gasteiger partial charge in [0.05, 0.1) is 24.2 Å². The molecular weight excluding hydrogens is 687 g/mol. The van der Waals surface area contributed by atoms with Crippen molar-refractivity contribution in [1.29, 1.82) is 0 Å². The topological polar surface area (TPSA) is 112 Å². The van der Waals surface area contributed by atoms with E-state index in [-0.39, 0.29) is 44.4 Å². The Labute approximate surface area is 320 Å². The van der Waals surface area contributed by atoms with Gasteiger partial charge < -0.3 is 29.2 Å². The molecule has 294 valence electrons. The van der Waals surface area contributed by atoms with Crippen LogP contribution in [0.15, 0.2) is 66.7 Å². The lowest BCUT2D eigenvalue weighted by atomic mass is 9.77. The van der Waals surface area contributed by atoms with Crippen molar-refractivity contribution in [2.45, 2.75) is 91.9 Å². The van der Waals surface area contributed by atoms with Gasteiger partial charge in [-0.15, -0.1) is 0 Å². The van der Waals surface area contributed by atoms with Gasteiger partial charge in [-0.3, -0.25) is 4.79 Å². The normalized spacial score (nSPS) is 15.8. The van der Waals surface area contributed by atoms with Gasteiger partial charge in [-0.25, -0.2) is 9.18 Å². The van der Waals surface area contributed by atoms with Crippen LogP contribution in [0.3, 0.4) is 0 Å².